The van der Waals surface area contributed by atoms with Gasteiger partial charge in [0, 0.05) is 17.8 Å². The van der Waals surface area contributed by atoms with E-state index in [9.17, 15) is 19.7 Å². The highest BCUT2D eigenvalue weighted by Gasteiger charge is 2.24. The zero-order valence-corrected chi connectivity index (χ0v) is 10.9. The molecular formula is C12H13N3O6. The van der Waals surface area contributed by atoms with Crippen LogP contribution in [0.1, 0.15) is 0 Å². The van der Waals surface area contributed by atoms with Crippen LogP contribution >= 0.6 is 0 Å². The summed E-state index contributed by atoms with van der Waals surface area (Å²) in [5.41, 5.74) is 0.0402. The summed E-state index contributed by atoms with van der Waals surface area (Å²) in [7, 11) is 0. The number of non-ortho nitro benzene ring substituents is 1. The average molecular weight is 295 g/mol. The van der Waals surface area contributed by atoms with Gasteiger partial charge in [-0.15, -0.1) is 0 Å². The normalized spacial score (nSPS) is 17.8. The molecule has 9 heteroatoms. The molecule has 0 saturated carbocycles. The predicted molar refractivity (Wildman–Crippen MR) is 70.8 cm³/mol. The first-order valence-corrected chi connectivity index (χ1v) is 6.12. The van der Waals surface area contributed by atoms with Crippen molar-refractivity contribution in [3.8, 4) is 0 Å². The summed E-state index contributed by atoms with van der Waals surface area (Å²) in [6, 6.07) is 4.58. The topological polar surface area (TPSA) is 120 Å². The number of rotatable bonds is 3. The van der Waals surface area contributed by atoms with Gasteiger partial charge in [0.15, 0.2) is 6.10 Å². The fraction of sp³-hybridized carbons (Fsp3) is 0.333. The Morgan fingerprint density at radius 2 is 2.14 bits per heavy atom. The lowest BCUT2D eigenvalue weighted by Gasteiger charge is -2.21. The molecule has 1 heterocycles. The summed E-state index contributed by atoms with van der Waals surface area (Å²) in [4.78, 5) is 33.4. The van der Waals surface area contributed by atoms with Gasteiger partial charge in [0.2, 0.25) is 0 Å². The molecule has 1 fully saturated rings. The summed E-state index contributed by atoms with van der Waals surface area (Å²) in [6.07, 6.45) is -0.838. The molecule has 1 aliphatic rings. The molecule has 0 spiro atoms. The minimum Gasteiger partial charge on any atom is -0.376 e. The van der Waals surface area contributed by atoms with Crippen LogP contribution in [-0.4, -0.2) is 42.8 Å². The lowest BCUT2D eigenvalue weighted by atomic mass is 10.3. The number of nitro benzene ring substituents is 1. The number of nitrogens with zero attached hydrogens (tertiary/aromatic N) is 1. The van der Waals surface area contributed by atoms with Crippen LogP contribution in [0.4, 0.5) is 16.2 Å². The van der Waals surface area contributed by atoms with Crippen molar-refractivity contribution in [2.45, 2.75) is 6.10 Å². The van der Waals surface area contributed by atoms with Gasteiger partial charge in [-0.05, 0) is 6.07 Å². The number of ether oxygens (including phenoxy) is 2. The number of imide groups is 1. The van der Waals surface area contributed by atoms with Gasteiger partial charge in [0.1, 0.15) is 0 Å². The van der Waals surface area contributed by atoms with Crippen LogP contribution in [-0.2, 0) is 14.3 Å². The standard InChI is InChI=1S/C12H13N3O6/c16-11(10-7-20-4-5-21-10)14-12(17)13-8-2-1-3-9(6-8)15(18)19/h1-3,6,10H,4-5,7H2,(H2,13,14,16,17). The van der Waals surface area contributed by atoms with Crippen molar-refractivity contribution in [3.63, 3.8) is 0 Å². The lowest BCUT2D eigenvalue weighted by Crippen LogP contribution is -2.46. The molecule has 2 rings (SSSR count). The summed E-state index contributed by atoms with van der Waals surface area (Å²) >= 11 is 0. The highest BCUT2D eigenvalue weighted by molar-refractivity contribution is 6.02. The number of nitro groups is 1. The minimum absolute atomic E-state index is 0.0793. The number of urea groups is 1. The summed E-state index contributed by atoms with van der Waals surface area (Å²) < 4.78 is 10.2. The number of nitrogens with one attached hydrogen (secondary N) is 2. The number of hydrogen-bond donors (Lipinski definition) is 2. The Morgan fingerprint density at radius 1 is 1.33 bits per heavy atom. The fourth-order valence-corrected chi connectivity index (χ4v) is 1.69. The van der Waals surface area contributed by atoms with Crippen LogP contribution in [0.5, 0.6) is 0 Å². The van der Waals surface area contributed by atoms with E-state index in [1.54, 1.807) is 0 Å². The van der Waals surface area contributed by atoms with Crippen molar-refractivity contribution in [2.75, 3.05) is 25.1 Å². The molecule has 1 atom stereocenters. The smallest absolute Gasteiger partial charge is 0.325 e. The van der Waals surface area contributed by atoms with Gasteiger partial charge >= 0.3 is 6.03 Å². The number of anilines is 1. The monoisotopic (exact) mass is 295 g/mol. The number of benzene rings is 1. The van der Waals surface area contributed by atoms with Crippen LogP contribution in [0.3, 0.4) is 0 Å². The van der Waals surface area contributed by atoms with Gasteiger partial charge in [-0.1, -0.05) is 6.07 Å². The summed E-state index contributed by atoms with van der Waals surface area (Å²) in [5, 5.41) is 15.0. The SMILES string of the molecule is O=C(NC(=O)C1COCCO1)Nc1cccc([N+](=O)[O-])c1. The van der Waals surface area contributed by atoms with Crippen molar-refractivity contribution in [2.24, 2.45) is 0 Å². The van der Waals surface area contributed by atoms with E-state index in [1.165, 1.54) is 24.3 Å². The Hall–Kier alpha value is -2.52. The molecule has 0 radical (unpaired) electrons. The molecule has 2 N–H and O–H groups in total. The van der Waals surface area contributed by atoms with Crippen molar-refractivity contribution in [3.05, 3.63) is 34.4 Å². The second-order valence-corrected chi connectivity index (χ2v) is 4.19. The number of carbonyl (C=O) groups excluding carboxylic acids is 2. The van der Waals surface area contributed by atoms with E-state index in [-0.39, 0.29) is 24.6 Å². The van der Waals surface area contributed by atoms with Gasteiger partial charge in [0.25, 0.3) is 11.6 Å². The molecule has 1 saturated heterocycles. The molecule has 1 aromatic carbocycles. The van der Waals surface area contributed by atoms with E-state index < -0.39 is 23.0 Å². The predicted octanol–water partition coefficient (Wildman–Crippen LogP) is 0.658. The average Bonchev–Trinajstić information content (AvgIpc) is 2.48. The molecule has 112 valence electrons. The van der Waals surface area contributed by atoms with E-state index in [0.717, 1.165) is 0 Å². The van der Waals surface area contributed by atoms with Gasteiger partial charge < -0.3 is 14.8 Å². The largest absolute Gasteiger partial charge is 0.376 e. The van der Waals surface area contributed by atoms with Crippen molar-refractivity contribution in [1.82, 2.24) is 5.32 Å². The number of carbonyl (C=O) groups is 2. The second kappa shape index (κ2) is 6.77. The Morgan fingerprint density at radius 3 is 2.81 bits per heavy atom. The highest BCUT2D eigenvalue weighted by atomic mass is 16.6. The van der Waals surface area contributed by atoms with E-state index in [2.05, 4.69) is 10.6 Å². The summed E-state index contributed by atoms with van der Waals surface area (Å²) in [6.45, 7) is 0.768. The van der Waals surface area contributed by atoms with E-state index in [4.69, 9.17) is 9.47 Å². The molecule has 1 unspecified atom stereocenters. The van der Waals surface area contributed by atoms with Gasteiger partial charge in [-0.2, -0.15) is 0 Å². The molecular weight excluding hydrogens is 282 g/mol. The number of amides is 3. The molecule has 1 aliphatic heterocycles. The Labute approximate surface area is 119 Å². The van der Waals surface area contributed by atoms with Crippen LogP contribution in [0, 0.1) is 10.1 Å². The third-order valence-electron chi connectivity index (χ3n) is 2.66. The Bertz CT molecular complexity index is 556. The van der Waals surface area contributed by atoms with Crippen molar-refractivity contribution in [1.29, 1.82) is 0 Å². The van der Waals surface area contributed by atoms with Crippen LogP contribution in [0.15, 0.2) is 24.3 Å². The van der Waals surface area contributed by atoms with E-state index in [0.29, 0.717) is 6.61 Å². The summed E-state index contributed by atoms with van der Waals surface area (Å²) in [5.74, 6) is -0.627. The van der Waals surface area contributed by atoms with Crippen LogP contribution < -0.4 is 10.6 Å². The first-order chi connectivity index (χ1) is 10.1. The molecule has 3 amide bonds. The van der Waals surface area contributed by atoms with E-state index in [1.807, 2.05) is 0 Å². The maximum absolute atomic E-state index is 11.7. The molecule has 1 aromatic rings. The quantitative estimate of drug-likeness (QED) is 0.624. The van der Waals surface area contributed by atoms with Gasteiger partial charge in [-0.25, -0.2) is 4.79 Å². The van der Waals surface area contributed by atoms with Gasteiger partial charge in [-0.3, -0.25) is 20.2 Å². The maximum atomic E-state index is 11.7. The van der Waals surface area contributed by atoms with Crippen LogP contribution in [0.2, 0.25) is 0 Å². The first-order valence-electron chi connectivity index (χ1n) is 6.12. The zero-order valence-electron chi connectivity index (χ0n) is 10.9. The molecule has 21 heavy (non-hydrogen) atoms. The maximum Gasteiger partial charge on any atom is 0.325 e. The lowest BCUT2D eigenvalue weighted by molar-refractivity contribution is -0.384. The third-order valence-corrected chi connectivity index (χ3v) is 2.66. The van der Waals surface area contributed by atoms with Crippen molar-refractivity contribution >= 4 is 23.3 Å². The molecule has 0 aliphatic carbocycles. The third kappa shape index (κ3) is 4.23. The van der Waals surface area contributed by atoms with Crippen molar-refractivity contribution < 1.29 is 24.0 Å². The molecule has 0 bridgehead atoms. The second-order valence-electron chi connectivity index (χ2n) is 4.19. The molecule has 0 aromatic heterocycles. The fourth-order valence-electron chi connectivity index (χ4n) is 1.69. The van der Waals surface area contributed by atoms with E-state index >= 15 is 0 Å². The Kier molecular flexibility index (Phi) is 4.80. The minimum atomic E-state index is -0.838. The van der Waals surface area contributed by atoms with Gasteiger partial charge in [0.05, 0.1) is 24.7 Å². The Balaban J connectivity index is 1.90. The molecule has 9 nitrogen and oxygen atoms in total. The van der Waals surface area contributed by atoms with Crippen LogP contribution in [0.25, 0.3) is 0 Å². The first kappa shape index (κ1) is 14.9. The highest BCUT2D eigenvalue weighted by Crippen LogP contribution is 2.16. The number of hydrogen-bond acceptors (Lipinski definition) is 6. The zero-order chi connectivity index (χ0) is 15.2.